The smallest absolute Gasteiger partial charge is 0.299 e. The minimum absolute atomic E-state index is 0.0408. The summed E-state index contributed by atoms with van der Waals surface area (Å²) >= 11 is 0. The van der Waals surface area contributed by atoms with Crippen LogP contribution in [0.2, 0.25) is 0 Å². The van der Waals surface area contributed by atoms with Crippen LogP contribution in [0, 0.1) is 20.2 Å². The van der Waals surface area contributed by atoms with Crippen LogP contribution in [0.15, 0.2) is 86.7 Å². The van der Waals surface area contributed by atoms with Gasteiger partial charge in [-0.05, 0) is 29.3 Å². The molecule has 0 spiro atoms. The third-order valence-electron chi connectivity index (χ3n) is 8.75. The molecule has 3 aromatic carbocycles. The molecule has 0 aromatic heterocycles. The van der Waals surface area contributed by atoms with Crippen LogP contribution < -0.4 is 94.3 Å². The molecule has 71 heavy (non-hydrogen) atoms. The molecule has 0 aliphatic rings. The summed E-state index contributed by atoms with van der Waals surface area (Å²) in [6.45, 7) is -0.574. The van der Waals surface area contributed by atoms with Gasteiger partial charge in [-0.15, -0.1) is 4.99 Å². The lowest BCUT2D eigenvalue weighted by molar-refractivity contribution is -0.393. The number of aliphatic imine (C=N–C) groups is 4. The molecule has 0 saturated carbocycles. The molecule has 36 nitrogen and oxygen atoms in total. The van der Waals surface area contributed by atoms with E-state index in [1.54, 1.807) is 0 Å². The van der Waals surface area contributed by atoms with Gasteiger partial charge in [0.15, 0.2) is 23.8 Å². The van der Waals surface area contributed by atoms with Crippen molar-refractivity contribution in [3.63, 3.8) is 0 Å². The fourth-order valence-corrected chi connectivity index (χ4v) is 5.74. The number of nitrogens with two attached hydrogens (primary N) is 10. The molecule has 0 aliphatic carbocycles. The Labute approximate surface area is 397 Å². The summed E-state index contributed by atoms with van der Waals surface area (Å²) in [6.07, 6.45) is -11.0. The van der Waals surface area contributed by atoms with Gasteiger partial charge in [0, 0.05) is 6.54 Å². The van der Waals surface area contributed by atoms with Crippen LogP contribution in [0.1, 0.15) is 17.2 Å². The van der Waals surface area contributed by atoms with Crippen LogP contribution in [0.5, 0.6) is 0 Å². The minimum atomic E-state index is -2.50. The van der Waals surface area contributed by atoms with Crippen molar-refractivity contribution in [1.82, 2.24) is 26.6 Å². The summed E-state index contributed by atoms with van der Waals surface area (Å²) in [7, 11) is 0. The van der Waals surface area contributed by atoms with E-state index in [0.29, 0.717) is 11.0 Å². The predicted molar refractivity (Wildman–Crippen MR) is 248 cm³/mol. The molecule has 36 heteroatoms. The van der Waals surface area contributed by atoms with Gasteiger partial charge in [-0.2, -0.15) is 0 Å². The summed E-state index contributed by atoms with van der Waals surface area (Å²) in [5, 5.41) is 54.7. The normalized spacial score (nSPS) is 13.0. The number of amides is 6. The Balaban J connectivity index is 2.04. The summed E-state index contributed by atoms with van der Waals surface area (Å²) in [5.74, 6) is -11.6. The molecule has 0 bridgehead atoms. The summed E-state index contributed by atoms with van der Waals surface area (Å²) in [6, 6.07) is 11.7. The van der Waals surface area contributed by atoms with Crippen LogP contribution in [0.4, 0.5) is 28.4 Å². The van der Waals surface area contributed by atoms with E-state index >= 15 is 0 Å². The van der Waals surface area contributed by atoms with Crippen molar-refractivity contribution in [1.29, 1.82) is 0 Å². The maximum atomic E-state index is 14.2. The van der Waals surface area contributed by atoms with Crippen molar-refractivity contribution in [2.75, 3.05) is 16.1 Å². The van der Waals surface area contributed by atoms with Gasteiger partial charge in [-0.3, -0.25) is 49.0 Å². The van der Waals surface area contributed by atoms with Crippen molar-refractivity contribution in [2.45, 2.75) is 43.5 Å². The minimum Gasteiger partial charge on any atom is -0.393 e. The van der Waals surface area contributed by atoms with E-state index in [2.05, 4.69) is 41.1 Å². The predicted octanol–water partition coefficient (Wildman–Crippen LogP) is -7.57. The Bertz CT molecular complexity index is 2600. The highest BCUT2D eigenvalue weighted by Gasteiger charge is 2.37. The zero-order valence-corrected chi connectivity index (χ0v) is 36.3. The van der Waals surface area contributed by atoms with Crippen LogP contribution in [0.25, 0.3) is 0 Å². The van der Waals surface area contributed by atoms with Gasteiger partial charge < -0.3 is 93.9 Å². The fourth-order valence-electron chi connectivity index (χ4n) is 5.74. The lowest BCUT2D eigenvalue weighted by Crippen LogP contribution is -2.58. The van der Waals surface area contributed by atoms with Gasteiger partial charge in [0.2, 0.25) is 36.8 Å². The first-order valence-electron chi connectivity index (χ1n) is 19.4. The average Bonchev–Trinajstić information content (AvgIpc) is 3.28. The van der Waals surface area contributed by atoms with Crippen LogP contribution in [-0.4, -0.2) is 110 Å². The topological polar surface area (TPSA) is 623 Å². The number of aliphatic hydroxyl groups excluding tert-OH is 1. The Morgan fingerprint density at radius 2 is 1.04 bits per heavy atom. The van der Waals surface area contributed by atoms with Crippen molar-refractivity contribution in [3.8, 4) is 0 Å². The van der Waals surface area contributed by atoms with Gasteiger partial charge in [0.1, 0.15) is 17.4 Å². The number of carbonyl (C=O) groups is 6. The van der Waals surface area contributed by atoms with Crippen LogP contribution >= 0.6 is 0 Å². The molecule has 6 amide bonds. The van der Waals surface area contributed by atoms with Crippen LogP contribution in [0.3, 0.4) is 0 Å². The summed E-state index contributed by atoms with van der Waals surface area (Å²) < 4.78 is 0. The highest BCUT2D eigenvalue weighted by molar-refractivity contribution is 5.99. The number of nitro groups is 2. The lowest BCUT2D eigenvalue weighted by Gasteiger charge is -2.30. The van der Waals surface area contributed by atoms with E-state index in [9.17, 15) is 54.1 Å². The van der Waals surface area contributed by atoms with Gasteiger partial charge in [0.05, 0.1) is 21.6 Å². The van der Waals surface area contributed by atoms with Gasteiger partial charge in [-0.25, -0.2) is 30.7 Å². The second-order valence-electron chi connectivity index (χ2n) is 13.9. The standard InChI is InChI=1S/C35H47N23O13/c36-16-10-18(19(58(68)69)11-17(16)57(66)67)56(12-13-6-8-15(9-7-13)55-71-70)31(65)30(64)46-20(14-4-2-1-3-5-14)26(60)48-23(52-33(40)41)28(62)50-25(54-35(44)45)29(63)49-24(53-34(42)43)27(61)47-22(21(37)59)51-32(38)39/h1-11,20,22-25,31,55,65,70H,12,36H2,(H2,37,59)(H,46,64)(H,47,61)(H,48,60)(H,49,63)(H,50,62)(H4,38,39,51)(H4,40,41,52)(H4,42,43,53)(H4,44,45,54). The summed E-state index contributed by atoms with van der Waals surface area (Å²) in [4.78, 5) is 121. The number of rotatable bonds is 24. The number of anilines is 3. The van der Waals surface area contributed by atoms with Gasteiger partial charge >= 0.3 is 0 Å². The maximum Gasteiger partial charge on any atom is 0.299 e. The SMILES string of the molecule is NC(=O)C(N=C(N)N)NC(=O)C(N=C(N)N)NC(=O)C(N=C(N)N)NC(=O)C(N=C(N)N)NC(=O)C(NC(=O)C(O)N(Cc1ccc(NOO)cc1)c1cc(N)c([N+](=O)[O-])cc1[N+](=O)[O-])c1ccccc1. The zero-order chi connectivity index (χ0) is 53.3. The average molecular weight is 998 g/mol. The number of nitrogen functional groups attached to an aromatic ring is 1. The Morgan fingerprint density at radius 3 is 1.46 bits per heavy atom. The number of hydrogen-bond donors (Lipinski definition) is 18. The highest BCUT2D eigenvalue weighted by atomic mass is 17.2. The monoisotopic (exact) mass is 997 g/mol. The number of benzene rings is 3. The first kappa shape index (κ1) is 55.0. The molecule has 3 rings (SSSR count). The van der Waals surface area contributed by atoms with Crippen LogP contribution in [-0.2, 0) is 40.3 Å². The molecular weight excluding hydrogens is 951 g/mol. The molecule has 380 valence electrons. The van der Waals surface area contributed by atoms with Crippen molar-refractivity contribution < 1.29 is 54.0 Å². The second-order valence-corrected chi connectivity index (χ2v) is 13.9. The molecule has 0 radical (unpaired) electrons. The molecule has 0 heterocycles. The van der Waals surface area contributed by atoms with E-state index in [1.807, 2.05) is 16.0 Å². The number of aliphatic hydroxyl groups is 1. The number of carbonyl (C=O) groups excluding carboxylic acids is 6. The summed E-state index contributed by atoms with van der Waals surface area (Å²) in [5.41, 5.74) is 53.9. The molecule has 6 unspecified atom stereocenters. The largest absolute Gasteiger partial charge is 0.393 e. The molecule has 6 atom stereocenters. The zero-order valence-electron chi connectivity index (χ0n) is 36.3. The third-order valence-corrected chi connectivity index (χ3v) is 8.75. The highest BCUT2D eigenvalue weighted by Crippen LogP contribution is 2.38. The quantitative estimate of drug-likeness (QED) is 0.00754. The van der Waals surface area contributed by atoms with E-state index in [0.717, 1.165) is 6.07 Å². The molecule has 0 saturated heterocycles. The lowest BCUT2D eigenvalue weighted by atomic mass is 10.1. The first-order valence-corrected chi connectivity index (χ1v) is 19.4. The van der Waals surface area contributed by atoms with E-state index < -0.39 is 135 Å². The second kappa shape index (κ2) is 25.0. The fraction of sp³-hybridized carbons (Fsp3) is 0.200. The number of nitrogens with one attached hydrogen (secondary N) is 6. The van der Waals surface area contributed by atoms with E-state index in [4.69, 9.17) is 62.6 Å². The molecule has 3 aromatic rings. The molecule has 0 aliphatic heterocycles. The number of nitrogens with zero attached hydrogens (tertiary/aromatic N) is 7. The van der Waals surface area contributed by atoms with Crippen molar-refractivity contribution >= 4 is 87.7 Å². The molecule has 28 N–H and O–H groups in total. The first-order chi connectivity index (χ1) is 33.3. The Kier molecular flexibility index (Phi) is 19.3. The Morgan fingerprint density at radius 1 is 0.606 bits per heavy atom. The third kappa shape index (κ3) is 16.2. The number of guanidine groups is 4. The van der Waals surface area contributed by atoms with Crippen molar-refractivity contribution in [2.24, 2.45) is 71.6 Å². The van der Waals surface area contributed by atoms with Gasteiger partial charge in [-0.1, -0.05) is 42.5 Å². The number of nitro benzene ring substituents is 2. The number of hydrogen-bond acceptors (Lipinski definition) is 20. The number of primary amides is 1. The Hall–Kier alpha value is -10.4. The van der Waals surface area contributed by atoms with Crippen molar-refractivity contribution in [3.05, 3.63) is 98.1 Å². The molecular formula is C35H47N23O13. The van der Waals surface area contributed by atoms with E-state index in [-0.39, 0.29) is 16.8 Å². The maximum absolute atomic E-state index is 14.2. The van der Waals surface area contributed by atoms with E-state index in [1.165, 1.54) is 54.6 Å². The molecule has 0 fully saturated rings. The van der Waals surface area contributed by atoms with Gasteiger partial charge in [0.25, 0.3) is 40.9 Å².